The van der Waals surface area contributed by atoms with Gasteiger partial charge in [-0.25, -0.2) is 8.42 Å². The van der Waals surface area contributed by atoms with Gasteiger partial charge >= 0.3 is 5.97 Å². The van der Waals surface area contributed by atoms with E-state index in [1.54, 1.807) is 44.2 Å². The van der Waals surface area contributed by atoms with Crippen molar-refractivity contribution in [3.63, 3.8) is 0 Å². The second-order valence-corrected chi connectivity index (χ2v) is 9.28. The van der Waals surface area contributed by atoms with E-state index in [2.05, 4.69) is 26.0 Å². The molecule has 0 aliphatic heterocycles. The van der Waals surface area contributed by atoms with Crippen LogP contribution in [0, 0.1) is 17.2 Å². The van der Waals surface area contributed by atoms with Crippen LogP contribution in [0.2, 0.25) is 0 Å². The van der Waals surface area contributed by atoms with Gasteiger partial charge in [-0.3, -0.25) is 9.59 Å². The first-order valence-corrected chi connectivity index (χ1v) is 11.1. The first-order chi connectivity index (χ1) is 14.1. The van der Waals surface area contributed by atoms with Crippen LogP contribution in [0.1, 0.15) is 19.4 Å². The fraction of sp³-hybridized carbons (Fsp3) is 0.250. The van der Waals surface area contributed by atoms with Crippen molar-refractivity contribution in [2.75, 3.05) is 11.9 Å². The summed E-state index contributed by atoms with van der Waals surface area (Å²) in [5, 5.41) is 11.4. The van der Waals surface area contributed by atoms with Gasteiger partial charge in [0.2, 0.25) is 10.0 Å². The van der Waals surface area contributed by atoms with Crippen LogP contribution in [-0.4, -0.2) is 32.9 Å². The van der Waals surface area contributed by atoms with Gasteiger partial charge in [-0.1, -0.05) is 35.8 Å². The van der Waals surface area contributed by atoms with Crippen molar-refractivity contribution in [3.8, 4) is 6.07 Å². The smallest absolute Gasteiger partial charge is 0.324 e. The van der Waals surface area contributed by atoms with Gasteiger partial charge in [-0.05, 0) is 48.4 Å². The highest BCUT2D eigenvalue weighted by Gasteiger charge is 2.30. The van der Waals surface area contributed by atoms with Gasteiger partial charge in [0.1, 0.15) is 6.04 Å². The number of nitrogens with one attached hydrogen (secondary N) is 2. The fourth-order valence-corrected chi connectivity index (χ4v) is 3.99. The Kier molecular flexibility index (Phi) is 8.11. The zero-order valence-electron chi connectivity index (χ0n) is 16.3. The van der Waals surface area contributed by atoms with Gasteiger partial charge in [0, 0.05) is 10.2 Å². The first kappa shape index (κ1) is 23.5. The van der Waals surface area contributed by atoms with Crippen molar-refractivity contribution < 1.29 is 22.7 Å². The van der Waals surface area contributed by atoms with E-state index in [4.69, 9.17) is 10.00 Å². The van der Waals surface area contributed by atoms with Crippen LogP contribution >= 0.6 is 15.9 Å². The molecule has 158 valence electrons. The Balaban J connectivity index is 2.00. The molecule has 0 fully saturated rings. The number of hydrogen-bond donors (Lipinski definition) is 2. The third-order valence-electron chi connectivity index (χ3n) is 3.95. The number of nitrogens with zero attached hydrogens (tertiary/aromatic N) is 1. The quantitative estimate of drug-likeness (QED) is 0.544. The largest absolute Gasteiger partial charge is 0.454 e. The minimum absolute atomic E-state index is 0.000678. The molecule has 1 amide bonds. The second-order valence-electron chi connectivity index (χ2n) is 6.65. The summed E-state index contributed by atoms with van der Waals surface area (Å²) >= 11 is 3.23. The molecule has 0 aliphatic carbocycles. The normalized spacial score (nSPS) is 12.1. The average Bonchev–Trinajstić information content (AvgIpc) is 2.70. The Hall–Kier alpha value is -2.74. The summed E-state index contributed by atoms with van der Waals surface area (Å²) in [6, 6.07) is 13.0. The molecule has 0 saturated heterocycles. The molecule has 10 heteroatoms. The number of sulfonamides is 1. The summed E-state index contributed by atoms with van der Waals surface area (Å²) in [6.45, 7) is 2.71. The van der Waals surface area contributed by atoms with E-state index in [1.165, 1.54) is 18.2 Å². The van der Waals surface area contributed by atoms with Crippen molar-refractivity contribution in [3.05, 3.63) is 58.6 Å². The van der Waals surface area contributed by atoms with E-state index in [0.717, 1.165) is 0 Å². The van der Waals surface area contributed by atoms with Crippen LogP contribution in [0.5, 0.6) is 0 Å². The molecule has 0 saturated carbocycles. The molecule has 8 nitrogen and oxygen atoms in total. The molecule has 2 aromatic carbocycles. The average molecular weight is 494 g/mol. The molecular weight excluding hydrogens is 474 g/mol. The first-order valence-electron chi connectivity index (χ1n) is 8.87. The number of benzene rings is 2. The molecule has 0 bridgehead atoms. The summed E-state index contributed by atoms with van der Waals surface area (Å²) in [4.78, 5) is 24.5. The van der Waals surface area contributed by atoms with Crippen molar-refractivity contribution in [2.24, 2.45) is 5.92 Å². The Morgan fingerprint density at radius 2 is 1.83 bits per heavy atom. The molecule has 2 N–H and O–H groups in total. The lowest BCUT2D eigenvalue weighted by molar-refractivity contribution is -0.150. The summed E-state index contributed by atoms with van der Waals surface area (Å²) in [7, 11) is -3.96. The number of carbonyl (C=O) groups excluding carboxylic acids is 2. The minimum Gasteiger partial charge on any atom is -0.454 e. The van der Waals surface area contributed by atoms with Gasteiger partial charge in [0.15, 0.2) is 6.61 Å². The number of nitriles is 1. The standard InChI is InChI=1S/C20H20BrN3O5S/c1-13(2)19(24-30(27,28)17-8-6-15(21)7-9-17)20(26)29-12-18(25)23-16-5-3-4-14(10-16)11-22/h3-10,13,19,24H,12H2,1-2H3,(H,23,25). The molecule has 0 spiro atoms. The number of rotatable bonds is 8. The van der Waals surface area contributed by atoms with Crippen LogP contribution in [0.15, 0.2) is 57.9 Å². The van der Waals surface area contributed by atoms with E-state index in [0.29, 0.717) is 15.7 Å². The van der Waals surface area contributed by atoms with E-state index < -0.39 is 40.5 Å². The molecule has 30 heavy (non-hydrogen) atoms. The number of amides is 1. The highest BCUT2D eigenvalue weighted by molar-refractivity contribution is 9.10. The molecular formula is C20H20BrN3O5S. The molecule has 1 atom stereocenters. The lowest BCUT2D eigenvalue weighted by Gasteiger charge is -2.20. The zero-order chi connectivity index (χ0) is 22.3. The van der Waals surface area contributed by atoms with Crippen molar-refractivity contribution in [2.45, 2.75) is 24.8 Å². The van der Waals surface area contributed by atoms with E-state index in [9.17, 15) is 18.0 Å². The SMILES string of the molecule is CC(C)C(NS(=O)(=O)c1ccc(Br)cc1)C(=O)OCC(=O)Nc1cccc(C#N)c1. The van der Waals surface area contributed by atoms with E-state index in [1.807, 2.05) is 6.07 Å². The van der Waals surface area contributed by atoms with Crippen molar-refractivity contribution >= 4 is 43.5 Å². The predicted molar refractivity (Wildman–Crippen MR) is 114 cm³/mol. The van der Waals surface area contributed by atoms with Crippen molar-refractivity contribution in [1.82, 2.24) is 4.72 Å². The van der Waals surface area contributed by atoms with E-state index in [-0.39, 0.29) is 4.90 Å². The number of halogens is 1. The second kappa shape index (κ2) is 10.3. The molecule has 0 radical (unpaired) electrons. The van der Waals surface area contributed by atoms with Crippen LogP contribution < -0.4 is 10.0 Å². The molecule has 2 rings (SSSR count). The fourth-order valence-electron chi connectivity index (χ4n) is 2.40. The molecule has 0 heterocycles. The highest BCUT2D eigenvalue weighted by Crippen LogP contribution is 2.16. The van der Waals surface area contributed by atoms with Gasteiger partial charge in [0.05, 0.1) is 16.5 Å². The third kappa shape index (κ3) is 6.66. The number of esters is 1. The zero-order valence-corrected chi connectivity index (χ0v) is 18.7. The van der Waals surface area contributed by atoms with Crippen molar-refractivity contribution in [1.29, 1.82) is 5.26 Å². The lowest BCUT2D eigenvalue weighted by Crippen LogP contribution is -2.45. The molecule has 2 aromatic rings. The maximum atomic E-state index is 12.6. The van der Waals surface area contributed by atoms with Crippen LogP contribution in [0.25, 0.3) is 0 Å². The Morgan fingerprint density at radius 3 is 2.43 bits per heavy atom. The summed E-state index contributed by atoms with van der Waals surface area (Å²) in [6.07, 6.45) is 0. The Bertz CT molecular complexity index is 1060. The summed E-state index contributed by atoms with van der Waals surface area (Å²) in [5.41, 5.74) is 0.749. The van der Waals surface area contributed by atoms with Gasteiger partial charge in [-0.15, -0.1) is 0 Å². The number of carbonyl (C=O) groups is 2. The maximum absolute atomic E-state index is 12.6. The molecule has 0 aromatic heterocycles. The molecule has 0 aliphatic rings. The highest BCUT2D eigenvalue weighted by atomic mass is 79.9. The number of hydrogen-bond acceptors (Lipinski definition) is 6. The lowest BCUT2D eigenvalue weighted by atomic mass is 10.1. The van der Waals surface area contributed by atoms with Crippen LogP contribution in [0.4, 0.5) is 5.69 Å². The third-order valence-corrected chi connectivity index (χ3v) is 5.93. The number of ether oxygens (including phenoxy) is 1. The summed E-state index contributed by atoms with van der Waals surface area (Å²) in [5.74, 6) is -1.90. The van der Waals surface area contributed by atoms with E-state index >= 15 is 0 Å². The van der Waals surface area contributed by atoms with Crippen LogP contribution in [0.3, 0.4) is 0 Å². The Labute approximate surface area is 183 Å². The molecule has 1 unspecified atom stereocenters. The maximum Gasteiger partial charge on any atom is 0.324 e. The number of anilines is 1. The monoisotopic (exact) mass is 493 g/mol. The van der Waals surface area contributed by atoms with Gasteiger partial charge < -0.3 is 10.1 Å². The minimum atomic E-state index is -3.96. The topological polar surface area (TPSA) is 125 Å². The predicted octanol–water partition coefficient (Wildman–Crippen LogP) is 2.81. The van der Waals surface area contributed by atoms with Crippen LogP contribution in [-0.2, 0) is 24.3 Å². The van der Waals surface area contributed by atoms with Gasteiger partial charge in [0.25, 0.3) is 5.91 Å². The summed E-state index contributed by atoms with van der Waals surface area (Å²) < 4.78 is 33.2. The Morgan fingerprint density at radius 1 is 1.17 bits per heavy atom. The van der Waals surface area contributed by atoms with Gasteiger partial charge in [-0.2, -0.15) is 9.98 Å².